The van der Waals surface area contributed by atoms with Crippen LogP contribution in [0.15, 0.2) is 65.5 Å². The summed E-state index contributed by atoms with van der Waals surface area (Å²) in [7, 11) is 1.53. The van der Waals surface area contributed by atoms with E-state index in [9.17, 15) is 9.59 Å². The lowest BCUT2D eigenvalue weighted by Gasteiger charge is -2.12. The molecule has 0 aliphatic rings. The van der Waals surface area contributed by atoms with E-state index < -0.39 is 5.91 Å². The van der Waals surface area contributed by atoms with Crippen LogP contribution >= 0.6 is 0 Å². The maximum absolute atomic E-state index is 12.6. The predicted molar refractivity (Wildman–Crippen MR) is 106 cm³/mol. The highest BCUT2D eigenvalue weighted by Gasteiger charge is 2.13. The molecule has 0 unspecified atom stereocenters. The lowest BCUT2D eigenvalue weighted by Crippen LogP contribution is -2.27. The monoisotopic (exact) mass is 379 g/mol. The fourth-order valence-corrected chi connectivity index (χ4v) is 2.49. The van der Waals surface area contributed by atoms with Crippen LogP contribution in [0, 0.1) is 6.92 Å². The number of nitrogens with zero attached hydrogens (tertiary/aromatic N) is 2. The third kappa shape index (κ3) is 4.83. The molecular formula is C21H21N3O4. The highest BCUT2D eigenvalue weighted by atomic mass is 16.5. The van der Waals surface area contributed by atoms with Crippen molar-refractivity contribution in [3.05, 3.63) is 82.3 Å². The van der Waals surface area contributed by atoms with Gasteiger partial charge in [0.1, 0.15) is 11.4 Å². The quantitative estimate of drug-likeness (QED) is 0.681. The smallest absolute Gasteiger partial charge is 0.276 e. The van der Waals surface area contributed by atoms with Crippen molar-refractivity contribution in [1.82, 2.24) is 9.78 Å². The van der Waals surface area contributed by atoms with Crippen molar-refractivity contribution < 1.29 is 14.3 Å². The van der Waals surface area contributed by atoms with E-state index in [-0.39, 0.29) is 17.8 Å². The molecule has 0 fully saturated rings. The summed E-state index contributed by atoms with van der Waals surface area (Å²) in [5.41, 5.74) is 1.46. The van der Waals surface area contributed by atoms with Gasteiger partial charge in [0.15, 0.2) is 5.75 Å². The molecule has 144 valence electrons. The first-order chi connectivity index (χ1) is 13.6. The Balaban J connectivity index is 1.79. The van der Waals surface area contributed by atoms with Crippen molar-refractivity contribution in [3.63, 3.8) is 0 Å². The molecule has 1 amide bonds. The summed E-state index contributed by atoms with van der Waals surface area (Å²) in [6.07, 6.45) is 0. The molecule has 1 heterocycles. The van der Waals surface area contributed by atoms with Gasteiger partial charge in [-0.05, 0) is 37.3 Å². The summed E-state index contributed by atoms with van der Waals surface area (Å²) >= 11 is 0. The second-order valence-electron chi connectivity index (χ2n) is 6.14. The van der Waals surface area contributed by atoms with Crippen LogP contribution in [0.2, 0.25) is 0 Å². The molecule has 1 N–H and O–H groups in total. The first-order valence-corrected chi connectivity index (χ1v) is 8.79. The van der Waals surface area contributed by atoms with Crippen molar-refractivity contribution in [2.75, 3.05) is 19.0 Å². The minimum atomic E-state index is -0.439. The third-order valence-electron chi connectivity index (χ3n) is 3.99. The fraction of sp³-hybridized carbons (Fsp3) is 0.190. The molecule has 28 heavy (non-hydrogen) atoms. The lowest BCUT2D eigenvalue weighted by atomic mass is 10.2. The summed E-state index contributed by atoms with van der Waals surface area (Å²) in [4.78, 5) is 24.5. The van der Waals surface area contributed by atoms with E-state index in [1.54, 1.807) is 18.2 Å². The first kappa shape index (κ1) is 19.3. The molecule has 1 aromatic heterocycles. The Labute approximate surface area is 162 Å². The van der Waals surface area contributed by atoms with Crippen LogP contribution in [-0.4, -0.2) is 29.4 Å². The largest absolute Gasteiger partial charge is 0.455 e. The number of nitrogens with one attached hydrogen (secondary N) is 1. The summed E-state index contributed by atoms with van der Waals surface area (Å²) in [6.45, 7) is 2.59. The number of hydrogen-bond donors (Lipinski definition) is 1. The highest BCUT2D eigenvalue weighted by Crippen LogP contribution is 2.29. The molecule has 3 aromatic rings. The Morgan fingerprint density at radius 2 is 1.82 bits per heavy atom. The number of benzene rings is 2. The number of hydrogen-bond acceptors (Lipinski definition) is 5. The molecule has 7 heteroatoms. The van der Waals surface area contributed by atoms with Crippen LogP contribution in [-0.2, 0) is 11.3 Å². The van der Waals surface area contributed by atoms with Crippen molar-refractivity contribution in [1.29, 1.82) is 0 Å². The van der Waals surface area contributed by atoms with Gasteiger partial charge in [0.25, 0.3) is 11.5 Å². The van der Waals surface area contributed by atoms with Gasteiger partial charge in [-0.25, -0.2) is 4.68 Å². The van der Waals surface area contributed by atoms with Crippen LogP contribution in [0.5, 0.6) is 11.5 Å². The molecule has 7 nitrogen and oxygen atoms in total. The number of carbonyl (C=O) groups is 1. The highest BCUT2D eigenvalue weighted by molar-refractivity contribution is 6.03. The average Bonchev–Trinajstić information content (AvgIpc) is 2.70. The minimum absolute atomic E-state index is 0.126. The van der Waals surface area contributed by atoms with Gasteiger partial charge in [-0.2, -0.15) is 5.10 Å². The number of amides is 1. The molecule has 0 radical (unpaired) electrons. The number of rotatable bonds is 7. The molecule has 2 aromatic carbocycles. The number of aromatic nitrogens is 2. The third-order valence-corrected chi connectivity index (χ3v) is 3.99. The van der Waals surface area contributed by atoms with Crippen molar-refractivity contribution in [3.8, 4) is 11.5 Å². The second kappa shape index (κ2) is 8.96. The maximum Gasteiger partial charge on any atom is 0.276 e. The zero-order valence-corrected chi connectivity index (χ0v) is 15.7. The summed E-state index contributed by atoms with van der Waals surface area (Å²) in [6, 6.07) is 17.4. The van der Waals surface area contributed by atoms with E-state index in [4.69, 9.17) is 9.47 Å². The zero-order valence-electron chi connectivity index (χ0n) is 15.7. The number of para-hydroxylation sites is 2. The van der Waals surface area contributed by atoms with Crippen molar-refractivity contribution >= 4 is 11.6 Å². The summed E-state index contributed by atoms with van der Waals surface area (Å²) in [5, 5.41) is 6.89. The Kier molecular flexibility index (Phi) is 6.18. The molecular weight excluding hydrogens is 358 g/mol. The van der Waals surface area contributed by atoms with E-state index in [2.05, 4.69) is 10.4 Å². The average molecular weight is 379 g/mol. The number of ether oxygens (including phenoxy) is 2. The predicted octanol–water partition coefficient (Wildman–Crippen LogP) is 3.24. The van der Waals surface area contributed by atoms with Gasteiger partial charge in [0, 0.05) is 13.2 Å². The van der Waals surface area contributed by atoms with E-state index in [1.165, 1.54) is 23.9 Å². The normalized spacial score (nSPS) is 10.5. The molecule has 0 spiro atoms. The molecule has 0 saturated carbocycles. The number of methoxy groups -OCH3 is 1. The Morgan fingerprint density at radius 3 is 2.57 bits per heavy atom. The number of carbonyl (C=O) groups excluding carboxylic acids is 1. The van der Waals surface area contributed by atoms with Crippen molar-refractivity contribution in [2.24, 2.45) is 0 Å². The van der Waals surface area contributed by atoms with E-state index in [1.807, 2.05) is 37.3 Å². The molecule has 0 aliphatic heterocycles. The first-order valence-electron chi connectivity index (χ1n) is 8.79. The van der Waals surface area contributed by atoms with Gasteiger partial charge in [-0.3, -0.25) is 9.59 Å². The van der Waals surface area contributed by atoms with Crippen LogP contribution in [0.4, 0.5) is 5.69 Å². The fourth-order valence-electron chi connectivity index (χ4n) is 2.49. The van der Waals surface area contributed by atoms with E-state index >= 15 is 0 Å². The summed E-state index contributed by atoms with van der Waals surface area (Å²) < 4.78 is 12.1. The van der Waals surface area contributed by atoms with Gasteiger partial charge in [0.05, 0.1) is 18.8 Å². The zero-order chi connectivity index (χ0) is 19.9. The number of anilines is 1. The molecule has 0 saturated heterocycles. The van der Waals surface area contributed by atoms with Crippen LogP contribution in [0.1, 0.15) is 16.1 Å². The van der Waals surface area contributed by atoms with Gasteiger partial charge in [-0.1, -0.05) is 29.8 Å². The molecule has 0 bridgehead atoms. The number of aryl methyl sites for hydroxylation is 1. The standard InChI is InChI=1S/C21H21N3O4/c1-15-7-9-16(10-8-15)28-19-6-4-3-5-17(19)22-21(26)18-11-12-20(25)24(23-18)13-14-27-2/h3-12H,13-14H2,1-2H3,(H,22,26). The Hall–Kier alpha value is -3.45. The Bertz CT molecular complexity index is 1010. The van der Waals surface area contributed by atoms with E-state index in [0.29, 0.717) is 23.8 Å². The Morgan fingerprint density at radius 1 is 1.07 bits per heavy atom. The van der Waals surface area contributed by atoms with Crippen LogP contribution in [0.25, 0.3) is 0 Å². The molecule has 0 atom stereocenters. The summed E-state index contributed by atoms with van der Waals surface area (Å²) in [5.74, 6) is 0.733. The maximum atomic E-state index is 12.6. The van der Waals surface area contributed by atoms with Gasteiger partial charge >= 0.3 is 0 Å². The van der Waals surface area contributed by atoms with Gasteiger partial charge in [0.2, 0.25) is 0 Å². The van der Waals surface area contributed by atoms with Crippen molar-refractivity contribution in [2.45, 2.75) is 13.5 Å². The van der Waals surface area contributed by atoms with Gasteiger partial charge in [-0.15, -0.1) is 0 Å². The van der Waals surface area contributed by atoms with E-state index in [0.717, 1.165) is 5.56 Å². The molecule has 0 aliphatic carbocycles. The van der Waals surface area contributed by atoms with Gasteiger partial charge < -0.3 is 14.8 Å². The second-order valence-corrected chi connectivity index (χ2v) is 6.14. The molecule has 3 rings (SSSR count). The van der Waals surface area contributed by atoms with Crippen LogP contribution in [0.3, 0.4) is 0 Å². The lowest BCUT2D eigenvalue weighted by molar-refractivity contribution is 0.101. The minimum Gasteiger partial charge on any atom is -0.455 e. The topological polar surface area (TPSA) is 82.5 Å². The van der Waals surface area contributed by atoms with Crippen LogP contribution < -0.4 is 15.6 Å². The SMILES string of the molecule is COCCn1nc(C(=O)Nc2ccccc2Oc2ccc(C)cc2)ccc1=O.